The van der Waals surface area contributed by atoms with Gasteiger partial charge >= 0.3 is 0 Å². The molecule has 0 amide bonds. The summed E-state index contributed by atoms with van der Waals surface area (Å²) >= 11 is 18.4. The summed E-state index contributed by atoms with van der Waals surface area (Å²) in [6, 6.07) is 26.3. The summed E-state index contributed by atoms with van der Waals surface area (Å²) in [5.41, 5.74) is 7.74. The number of para-hydroxylation sites is 2. The normalized spacial score (nSPS) is 15.1. The third-order valence-corrected chi connectivity index (χ3v) is 10.3. The van der Waals surface area contributed by atoms with Crippen molar-refractivity contribution in [3.63, 3.8) is 0 Å². The fraction of sp³-hybridized carbons (Fsp3) is 0.220. The summed E-state index contributed by atoms with van der Waals surface area (Å²) in [7, 11) is -1.00. The van der Waals surface area contributed by atoms with Crippen LogP contribution in [0.15, 0.2) is 84.9 Å². The van der Waals surface area contributed by atoms with Crippen molar-refractivity contribution in [2.45, 2.75) is 25.7 Å². The number of hydrogen-bond acceptors (Lipinski definition) is 6. The summed E-state index contributed by atoms with van der Waals surface area (Å²) in [5, 5.41) is 6.46. The van der Waals surface area contributed by atoms with Crippen molar-refractivity contribution in [1.82, 2.24) is 15.3 Å². The van der Waals surface area contributed by atoms with Gasteiger partial charge in [0.2, 0.25) is 0 Å². The Kier molecular flexibility index (Phi) is 9.96. The Morgan fingerprint density at radius 3 is 1.67 bits per heavy atom. The first-order valence-corrected chi connectivity index (χ1v) is 18.0. The molecule has 10 heteroatoms. The van der Waals surface area contributed by atoms with E-state index in [9.17, 15) is 14.0 Å². The first-order valence-electron chi connectivity index (χ1n) is 17.5. The zero-order valence-corrected chi connectivity index (χ0v) is 29.9. The maximum Gasteiger partial charge on any atom is 0.195 e. The molecular weight excluding hydrogens is 706 g/mol. The van der Waals surface area contributed by atoms with Gasteiger partial charge in [-0.05, 0) is 86.3 Å². The molecule has 4 heterocycles. The quantitative estimate of drug-likeness (QED) is 0.169. The lowest BCUT2D eigenvalue weighted by atomic mass is 10.0. The summed E-state index contributed by atoms with van der Waals surface area (Å²) in [4.78, 5) is 37.4. The molecule has 0 saturated carbocycles. The van der Waals surface area contributed by atoms with Gasteiger partial charge in [-0.15, -0.1) is 0 Å². The Balaban J connectivity index is 0.000000135. The molecule has 2 fully saturated rings. The maximum atomic E-state index is 13.1. The van der Waals surface area contributed by atoms with Crippen molar-refractivity contribution in [2.24, 2.45) is 0 Å². The average molecular weight is 741 g/mol. The van der Waals surface area contributed by atoms with Crippen LogP contribution in [0.5, 0.6) is 0 Å². The Bertz CT molecular complexity index is 2340. The van der Waals surface area contributed by atoms with Gasteiger partial charge in [-0.25, -0.2) is 9.97 Å². The van der Waals surface area contributed by atoms with Crippen LogP contribution >= 0.6 is 34.8 Å². The van der Waals surface area contributed by atoms with Gasteiger partial charge in [-0.2, -0.15) is 0 Å². The van der Waals surface area contributed by atoms with Crippen LogP contribution in [0.4, 0.5) is 10.2 Å². The minimum atomic E-state index is -1.00. The molecule has 0 radical (unpaired) electrons. The molecule has 51 heavy (non-hydrogen) atoms. The topological polar surface area (TPSA) is 75.2 Å². The zero-order chi connectivity index (χ0) is 36.4. The maximum absolute atomic E-state index is 13.1. The minimum Gasteiger partial charge on any atom is -0.356 e. The fourth-order valence-corrected chi connectivity index (χ4v) is 7.88. The van der Waals surface area contributed by atoms with Gasteiger partial charge in [-0.3, -0.25) is 14.0 Å². The predicted molar refractivity (Wildman–Crippen MR) is 207 cm³/mol. The summed E-state index contributed by atoms with van der Waals surface area (Å²) in [6.07, 6.45) is 5.12. The van der Waals surface area contributed by atoms with E-state index in [0.29, 0.717) is 37.5 Å². The second kappa shape index (κ2) is 15.1. The molecule has 0 unspecified atom stereocenters. The van der Waals surface area contributed by atoms with E-state index < -0.39 is 7.15 Å². The largest absolute Gasteiger partial charge is 0.356 e. The van der Waals surface area contributed by atoms with Gasteiger partial charge in [0.25, 0.3) is 0 Å². The van der Waals surface area contributed by atoms with E-state index >= 15 is 0 Å². The first kappa shape index (κ1) is 33.7. The number of rotatable bonds is 1. The standard InChI is InChI=1S/C20H15ClN2O.C16H7Cl2NO.C4H9N.CH3F/c21-12-7-8-13-15(11-12)19(24)17-14-5-1-2-6-16(14)22-20(18(13)17)23-9-3-4-10-23;17-8-5-6-9-11(7-8)15(20)13-10-3-1-2-4-12(10)19-16(18)14(9)13;1-2-4-5-3-1;1-2/h1-2,5-8,11H,3-4,9-10H2;1-7H;5H,1-4H2;1H3/i;;;1D. The molecule has 4 aliphatic rings. The number of fused-ring (bicyclic) bond motifs is 10. The molecule has 0 atom stereocenters. The highest BCUT2D eigenvalue weighted by Gasteiger charge is 2.34. The van der Waals surface area contributed by atoms with Crippen LogP contribution in [0.1, 0.15) is 58.9 Å². The van der Waals surface area contributed by atoms with Crippen LogP contribution in [0.25, 0.3) is 44.1 Å². The third-order valence-electron chi connectivity index (χ3n) is 9.53. The molecule has 0 spiro atoms. The van der Waals surface area contributed by atoms with E-state index in [1.165, 1.54) is 38.8 Å². The highest BCUT2D eigenvalue weighted by molar-refractivity contribution is 6.39. The van der Waals surface area contributed by atoms with Crippen LogP contribution in [0.3, 0.4) is 0 Å². The Hall–Kier alpha value is -4.40. The highest BCUT2D eigenvalue weighted by Crippen LogP contribution is 2.47. The molecule has 2 aromatic heterocycles. The van der Waals surface area contributed by atoms with Gasteiger partial charge in [0.15, 0.2) is 11.6 Å². The van der Waals surface area contributed by atoms with Gasteiger partial charge in [0.1, 0.15) is 11.0 Å². The lowest BCUT2D eigenvalue weighted by molar-refractivity contribution is 0.103. The van der Waals surface area contributed by atoms with Crippen molar-refractivity contribution in [3.05, 3.63) is 122 Å². The molecule has 2 aliphatic heterocycles. The SMILES string of the molecule is C1CCNC1.O=C1c2cc(Cl)ccc2-c2c(Cl)nc3ccccc3c21.O=C1c2cc(Cl)ccc2-c2c(N3CCCC3)nc3ccccc3c21.[2H]CF. The number of hydrogen-bond donors (Lipinski definition) is 1. The number of ketones is 2. The fourth-order valence-electron chi connectivity index (χ4n) is 7.25. The van der Waals surface area contributed by atoms with Crippen LogP contribution in [0.2, 0.25) is 15.2 Å². The number of carbonyl (C=O) groups excluding carboxylic acids is 2. The number of nitrogens with one attached hydrogen (secondary N) is 1. The van der Waals surface area contributed by atoms with E-state index in [0.717, 1.165) is 63.0 Å². The zero-order valence-electron chi connectivity index (χ0n) is 28.6. The number of benzene rings is 4. The van der Waals surface area contributed by atoms with Crippen LogP contribution < -0.4 is 10.2 Å². The van der Waals surface area contributed by atoms with Crippen molar-refractivity contribution in [3.8, 4) is 22.3 Å². The number of pyridine rings is 2. The average Bonchev–Trinajstić information content (AvgIpc) is 3.99. The molecule has 0 bridgehead atoms. The van der Waals surface area contributed by atoms with E-state index in [1.807, 2.05) is 66.7 Å². The van der Waals surface area contributed by atoms with Crippen molar-refractivity contribution < 1.29 is 15.4 Å². The summed E-state index contributed by atoms with van der Waals surface area (Å²) in [5.74, 6) is 0.954. The Labute approximate surface area is 312 Å². The predicted octanol–water partition coefficient (Wildman–Crippen LogP) is 10.4. The Morgan fingerprint density at radius 2 is 1.14 bits per heavy atom. The second-order valence-corrected chi connectivity index (χ2v) is 13.8. The first-order chi connectivity index (χ1) is 25.3. The van der Waals surface area contributed by atoms with E-state index in [4.69, 9.17) is 41.2 Å². The number of nitrogens with zero attached hydrogens (tertiary/aromatic N) is 3. The van der Waals surface area contributed by atoms with Gasteiger partial charge in [-0.1, -0.05) is 83.3 Å². The smallest absolute Gasteiger partial charge is 0.195 e. The Morgan fingerprint density at radius 1 is 0.647 bits per heavy atom. The number of carbonyl (C=O) groups is 2. The van der Waals surface area contributed by atoms with Crippen LogP contribution in [-0.4, -0.2) is 54.9 Å². The van der Waals surface area contributed by atoms with Crippen LogP contribution in [-0.2, 0) is 0 Å². The lowest BCUT2D eigenvalue weighted by Gasteiger charge is -2.21. The molecule has 2 saturated heterocycles. The van der Waals surface area contributed by atoms with Gasteiger partial charge < -0.3 is 10.2 Å². The number of aromatic nitrogens is 2. The number of anilines is 1. The van der Waals surface area contributed by atoms with E-state index in [2.05, 4.69) is 15.2 Å². The number of halogens is 4. The highest BCUT2D eigenvalue weighted by atomic mass is 35.5. The molecule has 4 aromatic carbocycles. The van der Waals surface area contributed by atoms with E-state index in [-0.39, 0.29) is 11.6 Å². The van der Waals surface area contributed by atoms with Gasteiger partial charge in [0.05, 0.1) is 19.6 Å². The summed E-state index contributed by atoms with van der Waals surface area (Å²) < 4.78 is 15.5. The van der Waals surface area contributed by atoms with Crippen molar-refractivity contribution >= 4 is 74.0 Å². The van der Waals surface area contributed by atoms with Crippen molar-refractivity contribution in [1.29, 1.82) is 0 Å². The minimum absolute atomic E-state index is 0.0435. The van der Waals surface area contributed by atoms with Gasteiger partial charge in [0, 0.05) is 67.3 Å². The molecule has 2 aliphatic carbocycles. The second-order valence-electron chi connectivity index (χ2n) is 12.6. The van der Waals surface area contributed by atoms with E-state index in [1.54, 1.807) is 18.2 Å². The van der Waals surface area contributed by atoms with Crippen molar-refractivity contribution in [2.75, 3.05) is 38.2 Å². The van der Waals surface area contributed by atoms with Crippen LogP contribution in [0, 0.1) is 0 Å². The molecular formula is C41H34Cl3FN4O2. The molecule has 1 N–H and O–H groups in total. The third kappa shape index (κ3) is 6.49. The number of alkyl halides is 1. The molecule has 6 aromatic rings. The molecule has 258 valence electrons. The molecule has 10 rings (SSSR count). The monoisotopic (exact) mass is 739 g/mol. The summed E-state index contributed by atoms with van der Waals surface area (Å²) in [6.45, 7) is 4.49. The molecule has 6 nitrogen and oxygen atoms in total. The lowest BCUT2D eigenvalue weighted by Crippen LogP contribution is -2.20.